The number of rotatable bonds is 6. The SMILES string of the molecule is CCC[C@@H](O)C[NH+]1CCc2nc(Cc3cccc(C)c3)[nH]c(=O)c2C1. The molecule has 0 spiro atoms. The van der Waals surface area contributed by atoms with Crippen LogP contribution in [0.25, 0.3) is 0 Å². The fourth-order valence-corrected chi connectivity index (χ4v) is 3.66. The van der Waals surface area contributed by atoms with Gasteiger partial charge in [-0.3, -0.25) is 4.79 Å². The largest absolute Gasteiger partial charge is 0.387 e. The Kier molecular flexibility index (Phi) is 5.66. The number of H-pyrrole nitrogens is 1. The number of aromatic amines is 1. The maximum atomic E-state index is 12.5. The van der Waals surface area contributed by atoms with Crippen molar-refractivity contribution in [2.24, 2.45) is 0 Å². The van der Waals surface area contributed by atoms with Gasteiger partial charge in [0, 0.05) is 12.8 Å². The minimum absolute atomic E-state index is 0.0187. The molecule has 1 aromatic heterocycles. The van der Waals surface area contributed by atoms with Gasteiger partial charge in [0.15, 0.2) is 0 Å². The quantitative estimate of drug-likeness (QED) is 0.726. The molecule has 0 bridgehead atoms. The predicted octanol–water partition coefficient (Wildman–Crippen LogP) is 0.771. The Labute approximate surface area is 148 Å². The van der Waals surface area contributed by atoms with Crippen LogP contribution < -0.4 is 10.5 Å². The zero-order valence-electron chi connectivity index (χ0n) is 15.1. The Hall–Kier alpha value is -1.98. The fraction of sp³-hybridized carbons (Fsp3) is 0.500. The molecule has 5 nitrogen and oxygen atoms in total. The number of benzene rings is 1. The van der Waals surface area contributed by atoms with Gasteiger partial charge in [-0.1, -0.05) is 43.2 Å². The van der Waals surface area contributed by atoms with E-state index in [1.165, 1.54) is 10.5 Å². The number of aryl methyl sites for hydroxylation is 1. The molecule has 0 radical (unpaired) electrons. The fourth-order valence-electron chi connectivity index (χ4n) is 3.66. The molecule has 1 aliphatic heterocycles. The number of aromatic nitrogens is 2. The molecular weight excluding hydrogens is 314 g/mol. The molecule has 1 aliphatic rings. The average molecular weight is 342 g/mol. The first kappa shape index (κ1) is 17.8. The van der Waals surface area contributed by atoms with E-state index >= 15 is 0 Å². The minimum atomic E-state index is -0.283. The lowest BCUT2D eigenvalue weighted by molar-refractivity contribution is -0.919. The summed E-state index contributed by atoms with van der Waals surface area (Å²) in [6, 6.07) is 8.29. The van der Waals surface area contributed by atoms with E-state index in [4.69, 9.17) is 4.98 Å². The highest BCUT2D eigenvalue weighted by Gasteiger charge is 2.25. The van der Waals surface area contributed by atoms with E-state index in [-0.39, 0.29) is 11.7 Å². The molecule has 2 aromatic rings. The summed E-state index contributed by atoms with van der Waals surface area (Å²) in [7, 11) is 0. The third kappa shape index (κ3) is 4.55. The lowest BCUT2D eigenvalue weighted by Crippen LogP contribution is -3.13. The molecule has 2 heterocycles. The molecule has 5 heteroatoms. The number of aliphatic hydroxyl groups excluding tert-OH is 1. The van der Waals surface area contributed by atoms with E-state index in [9.17, 15) is 9.90 Å². The first-order chi connectivity index (χ1) is 12.0. The van der Waals surface area contributed by atoms with Gasteiger partial charge < -0.3 is 15.0 Å². The topological polar surface area (TPSA) is 70.4 Å². The van der Waals surface area contributed by atoms with Crippen molar-refractivity contribution >= 4 is 0 Å². The number of hydrogen-bond acceptors (Lipinski definition) is 3. The molecule has 0 saturated carbocycles. The molecule has 25 heavy (non-hydrogen) atoms. The minimum Gasteiger partial charge on any atom is -0.387 e. The van der Waals surface area contributed by atoms with Crippen molar-refractivity contribution < 1.29 is 10.0 Å². The highest BCUT2D eigenvalue weighted by atomic mass is 16.3. The van der Waals surface area contributed by atoms with Crippen LogP contribution in [0.4, 0.5) is 0 Å². The van der Waals surface area contributed by atoms with Crippen molar-refractivity contribution in [3.8, 4) is 0 Å². The van der Waals surface area contributed by atoms with Crippen molar-refractivity contribution in [3.05, 3.63) is 62.8 Å². The van der Waals surface area contributed by atoms with E-state index in [1.54, 1.807) is 0 Å². The summed E-state index contributed by atoms with van der Waals surface area (Å²) in [5.74, 6) is 0.740. The predicted molar refractivity (Wildman–Crippen MR) is 97.9 cm³/mol. The third-order valence-electron chi connectivity index (χ3n) is 4.89. The molecule has 0 amide bonds. The molecule has 3 rings (SSSR count). The van der Waals surface area contributed by atoms with Crippen molar-refractivity contribution in [2.45, 2.75) is 52.2 Å². The summed E-state index contributed by atoms with van der Waals surface area (Å²) < 4.78 is 0. The molecule has 3 N–H and O–H groups in total. The second-order valence-electron chi connectivity index (χ2n) is 7.18. The van der Waals surface area contributed by atoms with Crippen LogP contribution in [0.1, 0.15) is 48.0 Å². The van der Waals surface area contributed by atoms with Crippen LogP contribution in [0.2, 0.25) is 0 Å². The van der Waals surface area contributed by atoms with Crippen LogP contribution in [0, 0.1) is 6.92 Å². The summed E-state index contributed by atoms with van der Waals surface area (Å²) >= 11 is 0. The molecular formula is C20H28N3O2+. The van der Waals surface area contributed by atoms with Crippen LogP contribution in [-0.4, -0.2) is 34.3 Å². The van der Waals surface area contributed by atoms with Crippen LogP contribution >= 0.6 is 0 Å². The van der Waals surface area contributed by atoms with Gasteiger partial charge in [0.05, 0.1) is 17.8 Å². The van der Waals surface area contributed by atoms with Gasteiger partial charge in [0.1, 0.15) is 25.0 Å². The molecule has 2 atom stereocenters. The number of nitrogens with one attached hydrogen (secondary N) is 2. The van der Waals surface area contributed by atoms with E-state index in [1.807, 2.05) is 6.07 Å². The van der Waals surface area contributed by atoms with E-state index in [0.717, 1.165) is 48.5 Å². The number of aliphatic hydroxyl groups is 1. The summed E-state index contributed by atoms with van der Waals surface area (Å²) in [6.45, 7) is 6.43. The summed E-state index contributed by atoms with van der Waals surface area (Å²) in [6.07, 6.45) is 2.97. The highest BCUT2D eigenvalue weighted by Crippen LogP contribution is 2.10. The summed E-state index contributed by atoms with van der Waals surface area (Å²) in [5.41, 5.74) is 4.07. The van der Waals surface area contributed by atoms with Crippen LogP contribution in [0.15, 0.2) is 29.1 Å². The Balaban J connectivity index is 1.74. The first-order valence-corrected chi connectivity index (χ1v) is 9.23. The number of hydrogen-bond donors (Lipinski definition) is 3. The van der Waals surface area contributed by atoms with Gasteiger partial charge in [-0.05, 0) is 18.9 Å². The monoisotopic (exact) mass is 342 g/mol. The smallest absolute Gasteiger partial charge is 0.260 e. The lowest BCUT2D eigenvalue weighted by atomic mass is 10.0. The molecule has 1 unspecified atom stereocenters. The second-order valence-corrected chi connectivity index (χ2v) is 7.18. The lowest BCUT2D eigenvalue weighted by Gasteiger charge is -2.26. The third-order valence-corrected chi connectivity index (χ3v) is 4.89. The summed E-state index contributed by atoms with van der Waals surface area (Å²) in [5, 5.41) is 10.0. The zero-order chi connectivity index (χ0) is 17.8. The van der Waals surface area contributed by atoms with Gasteiger partial charge in [-0.2, -0.15) is 0 Å². The first-order valence-electron chi connectivity index (χ1n) is 9.23. The Bertz CT molecular complexity index is 785. The van der Waals surface area contributed by atoms with Crippen molar-refractivity contribution in [3.63, 3.8) is 0 Å². The zero-order valence-corrected chi connectivity index (χ0v) is 15.1. The number of nitrogens with zero attached hydrogens (tertiary/aromatic N) is 1. The highest BCUT2D eigenvalue weighted by molar-refractivity contribution is 5.26. The van der Waals surface area contributed by atoms with E-state index in [0.29, 0.717) is 19.5 Å². The van der Waals surface area contributed by atoms with E-state index in [2.05, 4.69) is 37.0 Å². The number of fused-ring (bicyclic) bond motifs is 1. The standard InChI is InChI=1S/C20H27N3O2/c1-3-5-16(24)12-23-9-8-18-17(13-23)20(25)22-19(21-18)11-15-7-4-6-14(2)10-15/h4,6-7,10,16,24H,3,5,8-9,11-13H2,1-2H3,(H,21,22,25)/p+1/t16-/m1/s1. The summed E-state index contributed by atoms with van der Waals surface area (Å²) in [4.78, 5) is 21.5. The van der Waals surface area contributed by atoms with Crippen LogP contribution in [0.5, 0.6) is 0 Å². The van der Waals surface area contributed by atoms with Crippen molar-refractivity contribution in [1.82, 2.24) is 9.97 Å². The van der Waals surface area contributed by atoms with Gasteiger partial charge in [-0.25, -0.2) is 4.98 Å². The molecule has 0 aliphatic carbocycles. The van der Waals surface area contributed by atoms with Crippen LogP contribution in [-0.2, 0) is 19.4 Å². The van der Waals surface area contributed by atoms with Crippen molar-refractivity contribution in [2.75, 3.05) is 13.1 Å². The number of quaternary nitrogens is 1. The Morgan fingerprint density at radius 1 is 1.40 bits per heavy atom. The maximum Gasteiger partial charge on any atom is 0.260 e. The van der Waals surface area contributed by atoms with Crippen LogP contribution in [0.3, 0.4) is 0 Å². The molecule has 0 saturated heterocycles. The van der Waals surface area contributed by atoms with Gasteiger partial charge >= 0.3 is 0 Å². The van der Waals surface area contributed by atoms with Gasteiger partial charge in [-0.15, -0.1) is 0 Å². The second kappa shape index (κ2) is 7.93. The maximum absolute atomic E-state index is 12.5. The van der Waals surface area contributed by atoms with Gasteiger partial charge in [0.2, 0.25) is 0 Å². The van der Waals surface area contributed by atoms with Gasteiger partial charge in [0.25, 0.3) is 5.56 Å². The molecule has 134 valence electrons. The Morgan fingerprint density at radius 3 is 3.00 bits per heavy atom. The normalized spacial score (nSPS) is 18.0. The van der Waals surface area contributed by atoms with E-state index < -0.39 is 0 Å². The average Bonchev–Trinajstić information content (AvgIpc) is 2.56. The molecule has 0 fully saturated rings. The van der Waals surface area contributed by atoms with Crippen molar-refractivity contribution in [1.29, 1.82) is 0 Å². The molecule has 1 aromatic carbocycles. The Morgan fingerprint density at radius 2 is 2.24 bits per heavy atom.